The number of hydrogen-bond donors (Lipinski definition) is 6. The van der Waals surface area contributed by atoms with Crippen LogP contribution in [0.15, 0.2) is 0 Å². The molecule has 0 aliphatic rings. The third-order valence-electron chi connectivity index (χ3n) is 4.04. The molecule has 0 bridgehead atoms. The van der Waals surface area contributed by atoms with Crippen LogP contribution in [-0.2, 0) is 24.0 Å². The average Bonchev–Trinajstić information content (AvgIpc) is 2.61. The molecule has 4 amide bonds. The molecule has 0 rings (SSSR count). The number of aliphatic carboxylic acids is 1. The zero-order chi connectivity index (χ0) is 21.1. The molecule has 11 heteroatoms. The molecule has 154 valence electrons. The average molecular weight is 387 g/mol. The molecule has 0 radical (unpaired) electrons. The van der Waals surface area contributed by atoms with Crippen molar-refractivity contribution >= 4 is 29.6 Å². The van der Waals surface area contributed by atoms with E-state index in [1.165, 1.54) is 6.92 Å². The summed E-state index contributed by atoms with van der Waals surface area (Å²) in [6, 6.07) is -3.26. The molecule has 0 heterocycles. The van der Waals surface area contributed by atoms with Gasteiger partial charge < -0.3 is 32.5 Å². The van der Waals surface area contributed by atoms with Crippen molar-refractivity contribution in [1.29, 1.82) is 0 Å². The van der Waals surface area contributed by atoms with Gasteiger partial charge in [-0.3, -0.25) is 24.0 Å². The maximum atomic E-state index is 12.5. The number of carboxylic acid groups (broad SMARTS) is 1. The molecule has 0 aliphatic heterocycles. The van der Waals surface area contributed by atoms with Gasteiger partial charge in [0.15, 0.2) is 0 Å². The van der Waals surface area contributed by atoms with E-state index in [2.05, 4.69) is 16.0 Å². The van der Waals surface area contributed by atoms with E-state index >= 15 is 0 Å². The first-order chi connectivity index (χ1) is 12.5. The molecule has 4 unspecified atom stereocenters. The standard InChI is InChI=1S/C16H29N5O6/c1-4-8(2)13(15(25)19-9(3)16(26)27)21-14(24)10(5-6-11(18)22)20-12(23)7-17/h8-10,13H,4-7,17H2,1-3H3,(H2,18,22)(H,19,25)(H,20,23)(H,21,24)(H,26,27). The molecule has 27 heavy (non-hydrogen) atoms. The lowest BCUT2D eigenvalue weighted by molar-refractivity contribution is -0.142. The fourth-order valence-corrected chi connectivity index (χ4v) is 2.13. The number of hydrogen-bond acceptors (Lipinski definition) is 6. The number of nitrogens with two attached hydrogens (primary N) is 2. The Morgan fingerprint density at radius 3 is 2.04 bits per heavy atom. The van der Waals surface area contributed by atoms with Crippen molar-refractivity contribution in [2.24, 2.45) is 17.4 Å². The van der Waals surface area contributed by atoms with Crippen LogP contribution in [0.4, 0.5) is 0 Å². The highest BCUT2D eigenvalue weighted by atomic mass is 16.4. The molecule has 0 saturated carbocycles. The molecule has 0 aromatic rings. The van der Waals surface area contributed by atoms with Crippen LogP contribution >= 0.6 is 0 Å². The topological polar surface area (TPSA) is 194 Å². The number of carbonyl (C=O) groups is 5. The third kappa shape index (κ3) is 8.99. The molecular weight excluding hydrogens is 358 g/mol. The van der Waals surface area contributed by atoms with E-state index in [4.69, 9.17) is 16.6 Å². The minimum absolute atomic E-state index is 0.0622. The summed E-state index contributed by atoms with van der Waals surface area (Å²) in [7, 11) is 0. The third-order valence-corrected chi connectivity index (χ3v) is 4.04. The van der Waals surface area contributed by atoms with Crippen molar-refractivity contribution in [3.63, 3.8) is 0 Å². The van der Waals surface area contributed by atoms with Crippen molar-refractivity contribution in [3.8, 4) is 0 Å². The van der Waals surface area contributed by atoms with Crippen LogP contribution < -0.4 is 27.4 Å². The van der Waals surface area contributed by atoms with Gasteiger partial charge in [-0.25, -0.2) is 0 Å². The summed E-state index contributed by atoms with van der Waals surface area (Å²) in [5, 5.41) is 16.1. The van der Waals surface area contributed by atoms with E-state index < -0.39 is 47.7 Å². The van der Waals surface area contributed by atoms with Gasteiger partial charge in [-0.1, -0.05) is 20.3 Å². The van der Waals surface area contributed by atoms with Crippen molar-refractivity contribution in [2.75, 3.05) is 6.54 Å². The lowest BCUT2D eigenvalue weighted by Gasteiger charge is -2.27. The van der Waals surface area contributed by atoms with Gasteiger partial charge in [0, 0.05) is 6.42 Å². The monoisotopic (exact) mass is 387 g/mol. The first kappa shape index (κ1) is 24.3. The number of carboxylic acids is 1. The van der Waals surface area contributed by atoms with Gasteiger partial charge in [0.25, 0.3) is 0 Å². The summed E-state index contributed by atoms with van der Waals surface area (Å²) in [6.45, 7) is 4.46. The smallest absolute Gasteiger partial charge is 0.325 e. The lowest BCUT2D eigenvalue weighted by Crippen LogP contribution is -2.57. The highest BCUT2D eigenvalue weighted by Crippen LogP contribution is 2.10. The van der Waals surface area contributed by atoms with Gasteiger partial charge in [-0.2, -0.15) is 0 Å². The summed E-state index contributed by atoms with van der Waals surface area (Å²) in [4.78, 5) is 58.4. The molecule has 0 aromatic carbocycles. The SMILES string of the molecule is CCC(C)C(NC(=O)C(CCC(N)=O)NC(=O)CN)C(=O)NC(C)C(=O)O. The van der Waals surface area contributed by atoms with Crippen LogP contribution in [0.5, 0.6) is 0 Å². The number of amides is 4. The molecule has 0 fully saturated rings. The second-order valence-electron chi connectivity index (χ2n) is 6.27. The van der Waals surface area contributed by atoms with Gasteiger partial charge in [-0.05, 0) is 19.3 Å². The predicted octanol–water partition coefficient (Wildman–Crippen LogP) is -2.18. The van der Waals surface area contributed by atoms with Gasteiger partial charge in [0.1, 0.15) is 18.1 Å². The Hall–Kier alpha value is -2.69. The van der Waals surface area contributed by atoms with Crippen LogP contribution in [0, 0.1) is 5.92 Å². The van der Waals surface area contributed by atoms with E-state index in [9.17, 15) is 24.0 Å². The largest absolute Gasteiger partial charge is 0.480 e. The molecule has 0 aliphatic carbocycles. The maximum Gasteiger partial charge on any atom is 0.325 e. The Morgan fingerprint density at radius 2 is 1.59 bits per heavy atom. The summed E-state index contributed by atoms with van der Waals surface area (Å²) in [6.07, 6.45) is 0.313. The fraction of sp³-hybridized carbons (Fsp3) is 0.688. The summed E-state index contributed by atoms with van der Waals surface area (Å²) in [5.41, 5.74) is 10.3. The van der Waals surface area contributed by atoms with Gasteiger partial charge in [0.05, 0.1) is 6.54 Å². The normalized spacial score (nSPS) is 15.0. The minimum atomic E-state index is -1.22. The summed E-state index contributed by atoms with van der Waals surface area (Å²) >= 11 is 0. The second-order valence-corrected chi connectivity index (χ2v) is 6.27. The predicted molar refractivity (Wildman–Crippen MR) is 96.0 cm³/mol. The fourth-order valence-electron chi connectivity index (χ4n) is 2.13. The Labute approximate surface area is 157 Å². The van der Waals surface area contributed by atoms with E-state index in [0.717, 1.165) is 0 Å². The highest BCUT2D eigenvalue weighted by Gasteiger charge is 2.31. The first-order valence-corrected chi connectivity index (χ1v) is 8.64. The Morgan fingerprint density at radius 1 is 1.00 bits per heavy atom. The highest BCUT2D eigenvalue weighted by molar-refractivity contribution is 5.93. The van der Waals surface area contributed by atoms with Crippen molar-refractivity contribution in [1.82, 2.24) is 16.0 Å². The van der Waals surface area contributed by atoms with Gasteiger partial charge in [0.2, 0.25) is 23.6 Å². The molecule has 4 atom stereocenters. The molecular formula is C16H29N5O6. The van der Waals surface area contributed by atoms with Crippen LogP contribution in [-0.4, -0.2) is 59.4 Å². The Balaban J connectivity index is 5.28. The lowest BCUT2D eigenvalue weighted by atomic mass is 9.97. The Bertz CT molecular complexity index is 568. The summed E-state index contributed by atoms with van der Waals surface area (Å²) < 4.78 is 0. The second kappa shape index (κ2) is 11.8. The first-order valence-electron chi connectivity index (χ1n) is 8.64. The molecule has 0 spiro atoms. The van der Waals surface area contributed by atoms with Crippen LogP contribution in [0.2, 0.25) is 0 Å². The zero-order valence-electron chi connectivity index (χ0n) is 15.8. The van der Waals surface area contributed by atoms with Gasteiger partial charge in [-0.15, -0.1) is 0 Å². The maximum absolute atomic E-state index is 12.5. The zero-order valence-corrected chi connectivity index (χ0v) is 15.8. The molecule has 8 N–H and O–H groups in total. The molecule has 0 aromatic heterocycles. The van der Waals surface area contributed by atoms with Crippen LogP contribution in [0.1, 0.15) is 40.0 Å². The van der Waals surface area contributed by atoms with E-state index in [1.807, 2.05) is 0 Å². The van der Waals surface area contributed by atoms with E-state index in [0.29, 0.717) is 6.42 Å². The van der Waals surface area contributed by atoms with E-state index in [1.54, 1.807) is 13.8 Å². The summed E-state index contributed by atoms with van der Waals surface area (Å²) in [5.74, 6) is -4.14. The Kier molecular flexibility index (Phi) is 10.7. The van der Waals surface area contributed by atoms with E-state index in [-0.39, 0.29) is 25.3 Å². The number of primary amides is 1. The number of nitrogens with one attached hydrogen (secondary N) is 3. The van der Waals surface area contributed by atoms with Crippen molar-refractivity contribution in [3.05, 3.63) is 0 Å². The quantitative estimate of drug-likeness (QED) is 0.219. The van der Waals surface area contributed by atoms with Crippen molar-refractivity contribution in [2.45, 2.75) is 58.2 Å². The molecule has 11 nitrogen and oxygen atoms in total. The minimum Gasteiger partial charge on any atom is -0.480 e. The van der Waals surface area contributed by atoms with Gasteiger partial charge >= 0.3 is 5.97 Å². The number of carbonyl (C=O) groups excluding carboxylic acids is 4. The van der Waals surface area contributed by atoms with Crippen LogP contribution in [0.25, 0.3) is 0 Å². The van der Waals surface area contributed by atoms with Crippen LogP contribution in [0.3, 0.4) is 0 Å². The number of rotatable bonds is 12. The molecule has 0 saturated heterocycles. The van der Waals surface area contributed by atoms with Crippen molar-refractivity contribution < 1.29 is 29.1 Å².